The number of amides is 1. The Morgan fingerprint density at radius 1 is 1.23 bits per heavy atom. The van der Waals surface area contributed by atoms with Crippen LogP contribution in [0.25, 0.3) is 6.08 Å². The summed E-state index contributed by atoms with van der Waals surface area (Å²) < 4.78 is 1.56. The van der Waals surface area contributed by atoms with Crippen molar-refractivity contribution in [3.63, 3.8) is 0 Å². The maximum Gasteiger partial charge on any atom is 0.267 e. The molecule has 6 heteroatoms. The summed E-state index contributed by atoms with van der Waals surface area (Å²) >= 11 is 10.2. The molecular formula is C20H19BrN2OS2. The number of carbonyl (C=O) groups is 1. The van der Waals surface area contributed by atoms with Crippen LogP contribution in [-0.2, 0) is 4.79 Å². The van der Waals surface area contributed by atoms with E-state index >= 15 is 0 Å². The summed E-state index contributed by atoms with van der Waals surface area (Å²) in [7, 11) is 0. The van der Waals surface area contributed by atoms with Crippen molar-refractivity contribution in [3.8, 4) is 0 Å². The lowest BCUT2D eigenvalue weighted by molar-refractivity contribution is -0.121. The van der Waals surface area contributed by atoms with Crippen LogP contribution in [0.5, 0.6) is 0 Å². The fourth-order valence-electron chi connectivity index (χ4n) is 2.53. The standard InChI is InChI=1S/C20H19BrN2OS2/c1-13(2)15-8-6-14(7-9-15)10-18-19(24)23(20(25)26-18)12-22-17-5-3-4-16(21)11-17/h3-11,13,22H,12H2,1-2H3. The van der Waals surface area contributed by atoms with Crippen LogP contribution >= 0.6 is 39.9 Å². The molecule has 0 aliphatic carbocycles. The molecule has 1 amide bonds. The molecule has 0 aromatic heterocycles. The molecule has 1 N–H and O–H groups in total. The molecule has 1 aliphatic heterocycles. The van der Waals surface area contributed by atoms with Gasteiger partial charge in [-0.2, -0.15) is 0 Å². The van der Waals surface area contributed by atoms with Crippen molar-refractivity contribution in [2.45, 2.75) is 19.8 Å². The van der Waals surface area contributed by atoms with Gasteiger partial charge in [0.15, 0.2) is 0 Å². The number of benzene rings is 2. The molecule has 1 heterocycles. The van der Waals surface area contributed by atoms with Gasteiger partial charge < -0.3 is 5.32 Å². The van der Waals surface area contributed by atoms with E-state index in [0.29, 0.717) is 21.8 Å². The first-order chi connectivity index (χ1) is 12.4. The lowest BCUT2D eigenvalue weighted by atomic mass is 10.0. The quantitative estimate of drug-likeness (QED) is 0.461. The second-order valence-electron chi connectivity index (χ2n) is 6.28. The number of nitrogens with one attached hydrogen (secondary N) is 1. The number of hydrogen-bond donors (Lipinski definition) is 1. The Morgan fingerprint density at radius 2 is 1.96 bits per heavy atom. The van der Waals surface area contributed by atoms with E-state index in [-0.39, 0.29) is 5.91 Å². The van der Waals surface area contributed by atoms with Crippen molar-refractivity contribution in [3.05, 3.63) is 69.0 Å². The van der Waals surface area contributed by atoms with Gasteiger partial charge in [0.1, 0.15) is 4.32 Å². The molecule has 1 aliphatic rings. The lowest BCUT2D eigenvalue weighted by Gasteiger charge is -2.16. The molecule has 0 radical (unpaired) electrons. The van der Waals surface area contributed by atoms with Crippen LogP contribution in [0.3, 0.4) is 0 Å². The summed E-state index contributed by atoms with van der Waals surface area (Å²) in [5, 5.41) is 3.24. The Hall–Kier alpha value is -1.63. The van der Waals surface area contributed by atoms with Gasteiger partial charge in [-0.1, -0.05) is 84.1 Å². The Bertz CT molecular complexity index is 862. The van der Waals surface area contributed by atoms with Crippen LogP contribution in [0.1, 0.15) is 30.9 Å². The van der Waals surface area contributed by atoms with E-state index in [1.54, 1.807) is 4.90 Å². The molecule has 1 saturated heterocycles. The van der Waals surface area contributed by atoms with Crippen LogP contribution in [0.15, 0.2) is 57.9 Å². The highest BCUT2D eigenvalue weighted by atomic mass is 79.9. The highest BCUT2D eigenvalue weighted by molar-refractivity contribution is 9.10. The fraction of sp³-hybridized carbons (Fsp3) is 0.200. The van der Waals surface area contributed by atoms with Gasteiger partial charge >= 0.3 is 0 Å². The molecule has 0 atom stereocenters. The zero-order valence-corrected chi connectivity index (χ0v) is 17.7. The summed E-state index contributed by atoms with van der Waals surface area (Å²) in [6, 6.07) is 16.1. The monoisotopic (exact) mass is 446 g/mol. The number of rotatable bonds is 5. The van der Waals surface area contributed by atoms with Crippen LogP contribution in [0.4, 0.5) is 5.69 Å². The molecular weight excluding hydrogens is 428 g/mol. The van der Waals surface area contributed by atoms with Crippen molar-refractivity contribution in [2.24, 2.45) is 0 Å². The van der Waals surface area contributed by atoms with E-state index in [0.717, 1.165) is 15.7 Å². The third-order valence-electron chi connectivity index (χ3n) is 4.04. The van der Waals surface area contributed by atoms with E-state index in [2.05, 4.69) is 47.2 Å². The van der Waals surface area contributed by atoms with Gasteiger partial charge in [-0.3, -0.25) is 9.69 Å². The minimum atomic E-state index is -0.0598. The first kappa shape index (κ1) is 19.1. The van der Waals surface area contributed by atoms with Crippen molar-refractivity contribution in [2.75, 3.05) is 12.0 Å². The fourth-order valence-corrected chi connectivity index (χ4v) is 4.19. The number of anilines is 1. The number of thiocarbonyl (C=S) groups is 1. The normalized spacial score (nSPS) is 16.0. The maximum atomic E-state index is 12.7. The highest BCUT2D eigenvalue weighted by Crippen LogP contribution is 2.32. The van der Waals surface area contributed by atoms with Crippen LogP contribution in [0.2, 0.25) is 0 Å². The van der Waals surface area contributed by atoms with Crippen molar-refractivity contribution >= 4 is 61.9 Å². The molecule has 0 bridgehead atoms. The largest absolute Gasteiger partial charge is 0.367 e. The first-order valence-corrected chi connectivity index (χ1v) is 10.3. The van der Waals surface area contributed by atoms with Crippen molar-refractivity contribution in [1.29, 1.82) is 0 Å². The summed E-state index contributed by atoms with van der Waals surface area (Å²) in [4.78, 5) is 14.9. The molecule has 1 fully saturated rings. The zero-order valence-electron chi connectivity index (χ0n) is 14.5. The Labute approximate surface area is 172 Å². The minimum absolute atomic E-state index is 0.0598. The smallest absolute Gasteiger partial charge is 0.267 e. The van der Waals surface area contributed by atoms with Gasteiger partial charge in [-0.25, -0.2) is 0 Å². The third-order valence-corrected chi connectivity index (χ3v) is 5.91. The predicted octanol–water partition coefficient (Wildman–Crippen LogP) is 5.84. The Kier molecular flexibility index (Phi) is 6.16. The van der Waals surface area contributed by atoms with Crippen molar-refractivity contribution < 1.29 is 4.79 Å². The molecule has 26 heavy (non-hydrogen) atoms. The first-order valence-electron chi connectivity index (χ1n) is 8.29. The lowest BCUT2D eigenvalue weighted by Crippen LogP contribution is -2.33. The van der Waals surface area contributed by atoms with Crippen LogP contribution in [-0.4, -0.2) is 21.8 Å². The minimum Gasteiger partial charge on any atom is -0.367 e. The number of hydrogen-bond acceptors (Lipinski definition) is 4. The molecule has 0 saturated carbocycles. The van der Waals surface area contributed by atoms with Gasteiger partial charge in [0.25, 0.3) is 5.91 Å². The van der Waals surface area contributed by atoms with Crippen LogP contribution < -0.4 is 5.32 Å². The number of thioether (sulfide) groups is 1. The average molecular weight is 447 g/mol. The van der Waals surface area contributed by atoms with E-state index in [1.165, 1.54) is 17.3 Å². The van der Waals surface area contributed by atoms with E-state index in [4.69, 9.17) is 12.2 Å². The topological polar surface area (TPSA) is 32.3 Å². The van der Waals surface area contributed by atoms with Gasteiger partial charge in [-0.05, 0) is 41.3 Å². The molecule has 134 valence electrons. The maximum absolute atomic E-state index is 12.7. The summed E-state index contributed by atoms with van der Waals surface area (Å²) in [5.41, 5.74) is 3.23. The van der Waals surface area contributed by atoms with Gasteiger partial charge in [0.05, 0.1) is 11.6 Å². The zero-order chi connectivity index (χ0) is 18.7. The van der Waals surface area contributed by atoms with E-state index in [1.807, 2.05) is 42.5 Å². The summed E-state index contributed by atoms with van der Waals surface area (Å²) in [6.07, 6.45) is 1.91. The molecule has 2 aromatic rings. The second kappa shape index (κ2) is 8.37. The van der Waals surface area contributed by atoms with Gasteiger partial charge in [0.2, 0.25) is 0 Å². The van der Waals surface area contributed by atoms with Crippen LogP contribution in [0, 0.1) is 0 Å². The van der Waals surface area contributed by atoms with E-state index < -0.39 is 0 Å². The van der Waals surface area contributed by atoms with Crippen molar-refractivity contribution in [1.82, 2.24) is 4.90 Å². The van der Waals surface area contributed by atoms with Gasteiger partial charge in [-0.15, -0.1) is 0 Å². The number of halogens is 1. The van der Waals surface area contributed by atoms with E-state index in [9.17, 15) is 4.79 Å². The number of nitrogens with zero attached hydrogens (tertiary/aromatic N) is 1. The average Bonchev–Trinajstić information content (AvgIpc) is 2.87. The SMILES string of the molecule is CC(C)c1ccc(C=C2SC(=S)N(CNc3cccc(Br)c3)C2=O)cc1. The molecule has 3 rings (SSSR count). The summed E-state index contributed by atoms with van der Waals surface area (Å²) in [5.74, 6) is 0.432. The third kappa shape index (κ3) is 4.55. The Morgan fingerprint density at radius 3 is 2.62 bits per heavy atom. The highest BCUT2D eigenvalue weighted by Gasteiger charge is 2.31. The summed E-state index contributed by atoms with van der Waals surface area (Å²) in [6.45, 7) is 4.68. The number of carbonyl (C=O) groups excluding carboxylic acids is 1. The molecule has 0 spiro atoms. The van der Waals surface area contributed by atoms with Gasteiger partial charge in [0, 0.05) is 10.2 Å². The second-order valence-corrected chi connectivity index (χ2v) is 8.87. The molecule has 2 aromatic carbocycles. The molecule has 0 unspecified atom stereocenters. The molecule has 3 nitrogen and oxygen atoms in total. The predicted molar refractivity (Wildman–Crippen MR) is 118 cm³/mol. The Balaban J connectivity index is 1.69.